The molecular weight excluding hydrogens is 372 g/mol. The van der Waals surface area contributed by atoms with E-state index < -0.39 is 0 Å². The lowest BCUT2D eigenvalue weighted by molar-refractivity contribution is 0.0931. The molecule has 2 aromatic heterocycles. The Hall–Kier alpha value is -3.06. The predicted molar refractivity (Wildman–Crippen MR) is 110 cm³/mol. The molecule has 28 heavy (non-hydrogen) atoms. The van der Waals surface area contributed by atoms with Crippen molar-refractivity contribution < 1.29 is 9.59 Å². The third kappa shape index (κ3) is 5.23. The van der Waals surface area contributed by atoms with Gasteiger partial charge in [-0.1, -0.05) is 32.0 Å². The Labute approximate surface area is 168 Å². The maximum absolute atomic E-state index is 12.6. The van der Waals surface area contributed by atoms with Gasteiger partial charge in [0.1, 0.15) is 10.7 Å². The Morgan fingerprint density at radius 2 is 1.75 bits per heavy atom. The van der Waals surface area contributed by atoms with Crippen LogP contribution in [0.3, 0.4) is 0 Å². The van der Waals surface area contributed by atoms with Crippen LogP contribution >= 0.6 is 11.3 Å². The summed E-state index contributed by atoms with van der Waals surface area (Å²) >= 11 is 1.38. The van der Waals surface area contributed by atoms with Crippen LogP contribution in [0.15, 0.2) is 60.2 Å². The van der Waals surface area contributed by atoms with Crippen LogP contribution in [0.4, 0.5) is 5.69 Å². The molecule has 0 saturated carbocycles. The van der Waals surface area contributed by atoms with E-state index in [1.807, 2.05) is 30.3 Å². The van der Waals surface area contributed by atoms with Gasteiger partial charge in [-0.3, -0.25) is 14.6 Å². The largest absolute Gasteiger partial charge is 0.343 e. The fraction of sp³-hybridized carbons (Fsp3) is 0.238. The standard InChI is InChI=1S/C21H22N4O2S/c1-14(2)12-17(24-19(26)15-8-10-22-11-9-15)21-25-18(13-28-21)20(27)23-16-6-4-3-5-7-16/h3-11,13-14,17H,12H2,1-2H3,(H,23,27)(H,24,26)/t17-/m0/s1. The number of carbonyl (C=O) groups excluding carboxylic acids is 2. The summed E-state index contributed by atoms with van der Waals surface area (Å²) in [5.41, 5.74) is 1.60. The van der Waals surface area contributed by atoms with E-state index in [0.717, 1.165) is 6.42 Å². The highest BCUT2D eigenvalue weighted by Gasteiger charge is 2.22. The minimum absolute atomic E-state index is 0.182. The van der Waals surface area contributed by atoms with Crippen molar-refractivity contribution in [1.82, 2.24) is 15.3 Å². The van der Waals surface area contributed by atoms with E-state index >= 15 is 0 Å². The SMILES string of the molecule is CC(C)C[C@H](NC(=O)c1ccncc1)c1nc(C(=O)Nc2ccccc2)cs1. The average Bonchev–Trinajstić information content (AvgIpc) is 3.19. The first-order chi connectivity index (χ1) is 13.5. The van der Waals surface area contributed by atoms with Crippen LogP contribution in [-0.4, -0.2) is 21.8 Å². The van der Waals surface area contributed by atoms with Gasteiger partial charge in [0.05, 0.1) is 6.04 Å². The number of aromatic nitrogens is 2. The lowest BCUT2D eigenvalue weighted by Gasteiger charge is -2.18. The lowest BCUT2D eigenvalue weighted by atomic mass is 10.0. The van der Waals surface area contributed by atoms with Crippen LogP contribution in [0.1, 0.15) is 52.2 Å². The summed E-state index contributed by atoms with van der Waals surface area (Å²) in [5, 5.41) is 8.30. The minimum atomic E-state index is -0.266. The van der Waals surface area contributed by atoms with Crippen molar-refractivity contribution in [2.45, 2.75) is 26.3 Å². The Balaban J connectivity index is 1.74. The van der Waals surface area contributed by atoms with Crippen molar-refractivity contribution in [2.75, 3.05) is 5.32 Å². The molecule has 0 aliphatic carbocycles. The molecule has 0 aliphatic heterocycles. The van der Waals surface area contributed by atoms with Gasteiger partial charge in [-0.05, 0) is 36.6 Å². The number of amides is 2. The molecule has 6 nitrogen and oxygen atoms in total. The number of nitrogens with zero attached hydrogens (tertiary/aromatic N) is 2. The van der Waals surface area contributed by atoms with Crippen molar-refractivity contribution in [2.24, 2.45) is 5.92 Å². The van der Waals surface area contributed by atoms with Crippen LogP contribution in [0.5, 0.6) is 0 Å². The van der Waals surface area contributed by atoms with Crippen LogP contribution in [0, 0.1) is 5.92 Å². The number of nitrogens with one attached hydrogen (secondary N) is 2. The molecule has 2 N–H and O–H groups in total. The van der Waals surface area contributed by atoms with Crippen molar-refractivity contribution in [3.8, 4) is 0 Å². The highest BCUT2D eigenvalue weighted by molar-refractivity contribution is 7.10. The fourth-order valence-corrected chi connectivity index (χ4v) is 3.57. The topological polar surface area (TPSA) is 84.0 Å². The van der Waals surface area contributed by atoms with Crippen molar-refractivity contribution in [1.29, 1.82) is 0 Å². The average molecular weight is 395 g/mol. The lowest BCUT2D eigenvalue weighted by Crippen LogP contribution is -2.29. The molecule has 0 aliphatic rings. The molecule has 0 spiro atoms. The highest BCUT2D eigenvalue weighted by atomic mass is 32.1. The van der Waals surface area contributed by atoms with Gasteiger partial charge in [0, 0.05) is 29.0 Å². The van der Waals surface area contributed by atoms with E-state index in [-0.39, 0.29) is 17.9 Å². The zero-order valence-electron chi connectivity index (χ0n) is 15.8. The van der Waals surface area contributed by atoms with Crippen molar-refractivity contribution >= 4 is 28.8 Å². The third-order valence-electron chi connectivity index (χ3n) is 4.04. The fourth-order valence-electron chi connectivity index (χ4n) is 2.71. The molecular formula is C21H22N4O2S. The molecule has 0 bridgehead atoms. The first-order valence-corrected chi connectivity index (χ1v) is 9.93. The van der Waals surface area contributed by atoms with Crippen LogP contribution in [0.25, 0.3) is 0 Å². The van der Waals surface area contributed by atoms with Gasteiger partial charge in [-0.2, -0.15) is 0 Å². The van der Waals surface area contributed by atoms with Crippen molar-refractivity contribution in [3.05, 3.63) is 76.5 Å². The monoisotopic (exact) mass is 394 g/mol. The highest BCUT2D eigenvalue weighted by Crippen LogP contribution is 2.25. The Bertz CT molecular complexity index is 926. The molecule has 3 aromatic rings. The second kappa shape index (κ2) is 9.23. The Morgan fingerprint density at radius 1 is 1.04 bits per heavy atom. The summed E-state index contributed by atoms with van der Waals surface area (Å²) in [5.74, 6) is -0.0933. The van der Waals surface area contributed by atoms with E-state index in [1.54, 1.807) is 29.9 Å². The summed E-state index contributed by atoms with van der Waals surface area (Å²) in [6.07, 6.45) is 3.90. The molecule has 2 amide bonds. The van der Waals surface area contributed by atoms with Crippen LogP contribution in [0.2, 0.25) is 0 Å². The van der Waals surface area contributed by atoms with Gasteiger partial charge in [0.2, 0.25) is 0 Å². The first-order valence-electron chi connectivity index (χ1n) is 9.05. The quantitative estimate of drug-likeness (QED) is 0.625. The molecule has 7 heteroatoms. The number of thiazole rings is 1. The van der Waals surface area contributed by atoms with Gasteiger partial charge in [0.25, 0.3) is 11.8 Å². The number of pyridine rings is 1. The molecule has 1 aromatic carbocycles. The smallest absolute Gasteiger partial charge is 0.275 e. The number of benzene rings is 1. The maximum atomic E-state index is 12.6. The second-order valence-corrected chi connectivity index (χ2v) is 7.67. The number of hydrogen-bond acceptors (Lipinski definition) is 5. The first kappa shape index (κ1) is 19.7. The van der Waals surface area contributed by atoms with E-state index in [1.165, 1.54) is 11.3 Å². The molecule has 2 heterocycles. The summed E-state index contributed by atoms with van der Waals surface area (Å²) in [6.45, 7) is 4.17. The normalized spacial score (nSPS) is 11.8. The minimum Gasteiger partial charge on any atom is -0.343 e. The number of para-hydroxylation sites is 1. The molecule has 0 radical (unpaired) electrons. The van der Waals surface area contributed by atoms with E-state index in [2.05, 4.69) is 34.4 Å². The number of rotatable bonds is 7. The number of hydrogen-bond donors (Lipinski definition) is 2. The van der Waals surface area contributed by atoms with E-state index in [0.29, 0.717) is 27.9 Å². The zero-order chi connectivity index (χ0) is 19.9. The van der Waals surface area contributed by atoms with Crippen LogP contribution in [-0.2, 0) is 0 Å². The van der Waals surface area contributed by atoms with E-state index in [4.69, 9.17) is 0 Å². The molecule has 0 unspecified atom stereocenters. The van der Waals surface area contributed by atoms with Gasteiger partial charge < -0.3 is 10.6 Å². The Kier molecular flexibility index (Phi) is 6.49. The molecule has 144 valence electrons. The summed E-state index contributed by atoms with van der Waals surface area (Å²) in [7, 11) is 0. The van der Waals surface area contributed by atoms with Gasteiger partial charge in [0.15, 0.2) is 0 Å². The molecule has 0 saturated heterocycles. The molecule has 3 rings (SSSR count). The van der Waals surface area contributed by atoms with E-state index in [9.17, 15) is 9.59 Å². The number of carbonyl (C=O) groups is 2. The summed E-state index contributed by atoms with van der Waals surface area (Å²) in [4.78, 5) is 33.4. The zero-order valence-corrected chi connectivity index (χ0v) is 16.6. The second-order valence-electron chi connectivity index (χ2n) is 6.78. The third-order valence-corrected chi connectivity index (χ3v) is 5.00. The van der Waals surface area contributed by atoms with Gasteiger partial charge in [-0.25, -0.2) is 4.98 Å². The summed E-state index contributed by atoms with van der Waals surface area (Å²) in [6, 6.07) is 12.3. The predicted octanol–water partition coefficient (Wildman–Crippen LogP) is 4.31. The van der Waals surface area contributed by atoms with Gasteiger partial charge >= 0.3 is 0 Å². The molecule has 0 fully saturated rings. The number of anilines is 1. The van der Waals surface area contributed by atoms with Crippen LogP contribution < -0.4 is 10.6 Å². The maximum Gasteiger partial charge on any atom is 0.275 e. The van der Waals surface area contributed by atoms with Gasteiger partial charge in [-0.15, -0.1) is 11.3 Å². The summed E-state index contributed by atoms with van der Waals surface area (Å²) < 4.78 is 0. The molecule has 1 atom stereocenters. The van der Waals surface area contributed by atoms with Crippen molar-refractivity contribution in [3.63, 3.8) is 0 Å². The Morgan fingerprint density at radius 3 is 2.43 bits per heavy atom.